The van der Waals surface area contributed by atoms with Gasteiger partial charge in [-0.05, 0) is 30.7 Å². The van der Waals surface area contributed by atoms with Gasteiger partial charge in [-0.2, -0.15) is 0 Å². The molecule has 132 valence electrons. The van der Waals surface area contributed by atoms with Crippen LogP contribution in [0.2, 0.25) is 0 Å². The number of phenols is 1. The van der Waals surface area contributed by atoms with E-state index in [1.165, 1.54) is 17.0 Å². The third kappa shape index (κ3) is 5.84. The number of hydrogen-bond donors (Lipinski definition) is 2. The molecule has 2 aromatic rings. The van der Waals surface area contributed by atoms with Gasteiger partial charge in [-0.15, -0.1) is 0 Å². The van der Waals surface area contributed by atoms with E-state index in [9.17, 15) is 14.7 Å². The molecular weight excluding hydrogens is 320 g/mol. The Morgan fingerprint density at radius 3 is 2.56 bits per heavy atom. The number of nitrogens with zero attached hydrogens (tertiary/aromatic N) is 1. The molecule has 2 amide bonds. The quantitative estimate of drug-likeness (QED) is 0.846. The van der Waals surface area contributed by atoms with Crippen molar-refractivity contribution in [2.24, 2.45) is 0 Å². The first-order valence-electron chi connectivity index (χ1n) is 7.97. The number of rotatable bonds is 6. The van der Waals surface area contributed by atoms with Crippen LogP contribution < -0.4 is 5.32 Å². The molecular formula is C19H22N2O4. The molecule has 0 unspecified atom stereocenters. The van der Waals surface area contributed by atoms with Crippen molar-refractivity contribution in [3.05, 3.63) is 65.7 Å². The van der Waals surface area contributed by atoms with Crippen molar-refractivity contribution in [1.82, 2.24) is 10.2 Å². The number of aromatic hydroxyl groups is 1. The van der Waals surface area contributed by atoms with Crippen molar-refractivity contribution in [3.63, 3.8) is 0 Å². The average Bonchev–Trinajstić information content (AvgIpc) is 2.60. The topological polar surface area (TPSA) is 78.9 Å². The second kappa shape index (κ2) is 8.73. The Kier molecular flexibility index (Phi) is 6.39. The molecule has 0 aliphatic heterocycles. The Bertz CT molecular complexity index is 718. The Morgan fingerprint density at radius 1 is 1.16 bits per heavy atom. The fourth-order valence-electron chi connectivity index (χ4n) is 2.36. The summed E-state index contributed by atoms with van der Waals surface area (Å²) in [5.74, 6) is -0.197. The van der Waals surface area contributed by atoms with Crippen LogP contribution in [0.4, 0.5) is 4.79 Å². The monoisotopic (exact) mass is 342 g/mol. The van der Waals surface area contributed by atoms with Crippen LogP contribution >= 0.6 is 0 Å². The van der Waals surface area contributed by atoms with E-state index >= 15 is 0 Å². The third-order valence-corrected chi connectivity index (χ3v) is 3.56. The first-order chi connectivity index (χ1) is 12.0. The Morgan fingerprint density at radius 2 is 1.88 bits per heavy atom. The van der Waals surface area contributed by atoms with Crippen LogP contribution in [-0.4, -0.2) is 41.6 Å². The van der Waals surface area contributed by atoms with Gasteiger partial charge in [-0.3, -0.25) is 4.79 Å². The molecule has 0 saturated carbocycles. The van der Waals surface area contributed by atoms with E-state index in [2.05, 4.69) is 5.32 Å². The fraction of sp³-hybridized carbons (Fsp3) is 0.263. The van der Waals surface area contributed by atoms with E-state index in [1.807, 2.05) is 30.3 Å². The normalized spacial score (nSPS) is 11.4. The van der Waals surface area contributed by atoms with Crippen LogP contribution in [0.1, 0.15) is 22.8 Å². The molecule has 0 heterocycles. The number of benzene rings is 2. The fourth-order valence-corrected chi connectivity index (χ4v) is 2.36. The molecule has 0 aromatic heterocycles. The lowest BCUT2D eigenvalue weighted by Gasteiger charge is -2.22. The highest BCUT2D eigenvalue weighted by Crippen LogP contribution is 2.12. The van der Waals surface area contributed by atoms with E-state index < -0.39 is 6.09 Å². The highest BCUT2D eigenvalue weighted by atomic mass is 16.5. The van der Waals surface area contributed by atoms with Crippen molar-refractivity contribution in [2.75, 3.05) is 13.6 Å². The summed E-state index contributed by atoms with van der Waals surface area (Å²) in [5, 5.41) is 12.1. The minimum atomic E-state index is -0.533. The smallest absolute Gasteiger partial charge is 0.407 e. The molecule has 0 aliphatic rings. The second-order valence-electron chi connectivity index (χ2n) is 5.84. The highest BCUT2D eigenvalue weighted by molar-refractivity contribution is 5.94. The number of ether oxygens (including phenoxy) is 1. The molecule has 0 spiro atoms. The van der Waals surface area contributed by atoms with Gasteiger partial charge in [0.15, 0.2) is 0 Å². The standard InChI is InChI=1S/C19H22N2O4/c1-14(20-19(24)25-13-15-7-4-3-5-8-15)12-21(2)18(23)16-9-6-10-17(22)11-16/h3-11,14,22H,12-13H2,1-2H3,(H,20,24)/t14-/m1/s1. The van der Waals surface area contributed by atoms with Gasteiger partial charge in [0.25, 0.3) is 5.91 Å². The molecule has 6 nitrogen and oxygen atoms in total. The number of phenolic OH excluding ortho intramolecular Hbond substituents is 1. The molecule has 0 aliphatic carbocycles. The lowest BCUT2D eigenvalue weighted by molar-refractivity contribution is 0.0776. The number of carbonyl (C=O) groups is 2. The van der Waals surface area contributed by atoms with Gasteiger partial charge in [-0.25, -0.2) is 4.79 Å². The summed E-state index contributed by atoms with van der Waals surface area (Å²) in [4.78, 5) is 25.6. The van der Waals surface area contributed by atoms with Crippen LogP contribution in [0.25, 0.3) is 0 Å². The zero-order chi connectivity index (χ0) is 18.2. The van der Waals surface area contributed by atoms with Crippen LogP contribution in [0, 0.1) is 0 Å². The van der Waals surface area contributed by atoms with Crippen LogP contribution in [0.15, 0.2) is 54.6 Å². The molecule has 0 radical (unpaired) electrons. The maximum absolute atomic E-state index is 12.3. The molecule has 2 aromatic carbocycles. The molecule has 0 bridgehead atoms. The van der Waals surface area contributed by atoms with Crippen LogP contribution in [0.5, 0.6) is 5.75 Å². The van der Waals surface area contributed by atoms with Gasteiger partial charge >= 0.3 is 6.09 Å². The van der Waals surface area contributed by atoms with Gasteiger partial charge in [0.2, 0.25) is 0 Å². The molecule has 2 rings (SSSR count). The predicted octanol–water partition coefficient (Wildman–Crippen LogP) is 2.78. The van der Waals surface area contributed by atoms with Gasteiger partial charge in [-0.1, -0.05) is 36.4 Å². The molecule has 2 N–H and O–H groups in total. The number of likely N-dealkylation sites (N-methyl/N-ethyl adjacent to an activating group) is 1. The Labute approximate surface area is 147 Å². The SMILES string of the molecule is C[C@H](CN(C)C(=O)c1cccc(O)c1)NC(=O)OCc1ccccc1. The van der Waals surface area contributed by atoms with Gasteiger partial charge in [0.1, 0.15) is 12.4 Å². The average molecular weight is 342 g/mol. The van der Waals surface area contributed by atoms with E-state index in [4.69, 9.17) is 4.74 Å². The van der Waals surface area contributed by atoms with Crippen molar-refractivity contribution >= 4 is 12.0 Å². The van der Waals surface area contributed by atoms with E-state index in [1.54, 1.807) is 26.1 Å². The zero-order valence-corrected chi connectivity index (χ0v) is 14.3. The molecule has 6 heteroatoms. The van der Waals surface area contributed by atoms with E-state index in [0.29, 0.717) is 12.1 Å². The zero-order valence-electron chi connectivity index (χ0n) is 14.3. The molecule has 1 atom stereocenters. The molecule has 25 heavy (non-hydrogen) atoms. The summed E-state index contributed by atoms with van der Waals surface area (Å²) in [5.41, 5.74) is 1.29. The van der Waals surface area contributed by atoms with Gasteiger partial charge < -0.3 is 20.1 Å². The predicted molar refractivity (Wildman–Crippen MR) is 94.3 cm³/mol. The second-order valence-corrected chi connectivity index (χ2v) is 5.84. The summed E-state index contributed by atoms with van der Waals surface area (Å²) in [7, 11) is 1.64. The van der Waals surface area contributed by atoms with Crippen molar-refractivity contribution in [1.29, 1.82) is 0 Å². The summed E-state index contributed by atoms with van der Waals surface area (Å²) in [6.07, 6.45) is -0.533. The van der Waals surface area contributed by atoms with Crippen LogP contribution in [0.3, 0.4) is 0 Å². The van der Waals surface area contributed by atoms with Gasteiger partial charge in [0.05, 0.1) is 0 Å². The molecule has 0 saturated heterocycles. The number of amides is 2. The summed E-state index contributed by atoms with van der Waals surface area (Å²) < 4.78 is 5.15. The summed E-state index contributed by atoms with van der Waals surface area (Å²) >= 11 is 0. The number of hydrogen-bond acceptors (Lipinski definition) is 4. The summed E-state index contributed by atoms with van der Waals surface area (Å²) in [6, 6.07) is 15.3. The first kappa shape index (κ1) is 18.3. The van der Waals surface area contributed by atoms with Crippen molar-refractivity contribution in [2.45, 2.75) is 19.6 Å². The first-order valence-corrected chi connectivity index (χ1v) is 7.97. The lowest BCUT2D eigenvalue weighted by Crippen LogP contribution is -2.42. The van der Waals surface area contributed by atoms with E-state index in [0.717, 1.165) is 5.56 Å². The molecule has 0 fully saturated rings. The van der Waals surface area contributed by atoms with Crippen molar-refractivity contribution < 1.29 is 19.4 Å². The number of nitrogens with one attached hydrogen (secondary N) is 1. The lowest BCUT2D eigenvalue weighted by atomic mass is 10.2. The minimum absolute atomic E-state index is 0.0370. The minimum Gasteiger partial charge on any atom is -0.508 e. The van der Waals surface area contributed by atoms with Gasteiger partial charge in [0, 0.05) is 25.2 Å². The maximum atomic E-state index is 12.3. The van der Waals surface area contributed by atoms with Crippen LogP contribution in [-0.2, 0) is 11.3 Å². The Hall–Kier alpha value is -3.02. The number of alkyl carbamates (subject to hydrolysis) is 1. The summed E-state index contributed by atoms with van der Waals surface area (Å²) in [6.45, 7) is 2.29. The third-order valence-electron chi connectivity index (χ3n) is 3.56. The maximum Gasteiger partial charge on any atom is 0.407 e. The van der Waals surface area contributed by atoms with E-state index in [-0.39, 0.29) is 24.3 Å². The largest absolute Gasteiger partial charge is 0.508 e. The Balaban J connectivity index is 1.79. The van der Waals surface area contributed by atoms with Crippen molar-refractivity contribution in [3.8, 4) is 5.75 Å². The highest BCUT2D eigenvalue weighted by Gasteiger charge is 2.16. The number of carbonyl (C=O) groups excluding carboxylic acids is 2.